The SMILES string of the molecule is CCOc1ccc(C(=O)N(CC)Cc2ccc(OC)cc2)cc1C. The molecule has 0 aromatic heterocycles. The van der Waals surface area contributed by atoms with Gasteiger partial charge in [-0.15, -0.1) is 0 Å². The highest BCUT2D eigenvalue weighted by molar-refractivity contribution is 5.94. The largest absolute Gasteiger partial charge is 0.497 e. The van der Waals surface area contributed by atoms with Crippen molar-refractivity contribution in [2.24, 2.45) is 0 Å². The summed E-state index contributed by atoms with van der Waals surface area (Å²) in [6.07, 6.45) is 0. The highest BCUT2D eigenvalue weighted by Crippen LogP contribution is 2.21. The molecule has 0 aliphatic heterocycles. The Bertz CT molecular complexity index is 680. The predicted molar refractivity (Wildman–Crippen MR) is 95.8 cm³/mol. The molecule has 0 aliphatic rings. The van der Waals surface area contributed by atoms with Crippen LogP contribution in [0.5, 0.6) is 11.5 Å². The molecule has 1 amide bonds. The van der Waals surface area contributed by atoms with Gasteiger partial charge in [0, 0.05) is 18.7 Å². The van der Waals surface area contributed by atoms with Gasteiger partial charge in [-0.25, -0.2) is 0 Å². The number of hydrogen-bond donors (Lipinski definition) is 0. The van der Waals surface area contributed by atoms with E-state index < -0.39 is 0 Å². The maximum atomic E-state index is 12.8. The zero-order chi connectivity index (χ0) is 17.5. The predicted octanol–water partition coefficient (Wildman–Crippen LogP) is 4.06. The number of ether oxygens (including phenoxy) is 2. The lowest BCUT2D eigenvalue weighted by Crippen LogP contribution is -2.30. The summed E-state index contributed by atoms with van der Waals surface area (Å²) in [6, 6.07) is 13.4. The van der Waals surface area contributed by atoms with E-state index in [9.17, 15) is 4.79 Å². The molecule has 0 fully saturated rings. The average molecular weight is 327 g/mol. The van der Waals surface area contributed by atoms with Crippen LogP contribution in [0.25, 0.3) is 0 Å². The molecule has 2 rings (SSSR count). The number of carbonyl (C=O) groups is 1. The molecule has 4 heteroatoms. The molecule has 0 bridgehead atoms. The molecule has 24 heavy (non-hydrogen) atoms. The summed E-state index contributed by atoms with van der Waals surface area (Å²) in [5.74, 6) is 1.67. The summed E-state index contributed by atoms with van der Waals surface area (Å²) in [5.41, 5.74) is 2.74. The number of aryl methyl sites for hydroxylation is 1. The summed E-state index contributed by atoms with van der Waals surface area (Å²) in [4.78, 5) is 14.6. The van der Waals surface area contributed by atoms with E-state index in [1.165, 1.54) is 0 Å². The molecule has 128 valence electrons. The van der Waals surface area contributed by atoms with Crippen molar-refractivity contribution in [3.63, 3.8) is 0 Å². The summed E-state index contributed by atoms with van der Waals surface area (Å²) < 4.78 is 10.7. The quantitative estimate of drug-likeness (QED) is 0.769. The second-order valence-electron chi connectivity index (χ2n) is 5.58. The highest BCUT2D eigenvalue weighted by Gasteiger charge is 2.16. The fourth-order valence-electron chi connectivity index (χ4n) is 2.56. The lowest BCUT2D eigenvalue weighted by Gasteiger charge is -2.22. The monoisotopic (exact) mass is 327 g/mol. The molecule has 0 heterocycles. The van der Waals surface area contributed by atoms with Gasteiger partial charge in [-0.3, -0.25) is 4.79 Å². The molecule has 0 atom stereocenters. The zero-order valence-electron chi connectivity index (χ0n) is 14.8. The van der Waals surface area contributed by atoms with Crippen molar-refractivity contribution >= 4 is 5.91 Å². The number of methoxy groups -OCH3 is 1. The number of rotatable bonds is 7. The number of carbonyl (C=O) groups excluding carboxylic acids is 1. The Morgan fingerprint density at radius 1 is 1.08 bits per heavy atom. The molecule has 2 aromatic carbocycles. The van der Waals surface area contributed by atoms with Crippen LogP contribution in [0.4, 0.5) is 0 Å². The van der Waals surface area contributed by atoms with Gasteiger partial charge in [-0.05, 0) is 62.2 Å². The molecule has 0 saturated heterocycles. The third-order valence-corrected chi connectivity index (χ3v) is 3.92. The molecule has 0 N–H and O–H groups in total. The average Bonchev–Trinajstić information content (AvgIpc) is 2.61. The number of benzene rings is 2. The third-order valence-electron chi connectivity index (χ3n) is 3.92. The Kier molecular flexibility index (Phi) is 6.24. The molecule has 0 spiro atoms. The first-order valence-electron chi connectivity index (χ1n) is 8.24. The van der Waals surface area contributed by atoms with Crippen molar-refractivity contribution < 1.29 is 14.3 Å². The number of nitrogens with zero attached hydrogens (tertiary/aromatic N) is 1. The van der Waals surface area contributed by atoms with Crippen molar-refractivity contribution in [3.05, 3.63) is 59.2 Å². The van der Waals surface area contributed by atoms with E-state index in [2.05, 4.69) is 0 Å². The van der Waals surface area contributed by atoms with Crippen LogP contribution in [-0.4, -0.2) is 31.1 Å². The number of hydrogen-bond acceptors (Lipinski definition) is 3. The Labute approximate surface area is 144 Å². The summed E-state index contributed by atoms with van der Waals surface area (Å²) in [7, 11) is 1.64. The van der Waals surface area contributed by atoms with Gasteiger partial charge in [0.15, 0.2) is 0 Å². The second-order valence-corrected chi connectivity index (χ2v) is 5.58. The molecule has 0 saturated carbocycles. The van der Waals surface area contributed by atoms with Gasteiger partial charge >= 0.3 is 0 Å². The highest BCUT2D eigenvalue weighted by atomic mass is 16.5. The van der Waals surface area contributed by atoms with E-state index in [0.29, 0.717) is 25.3 Å². The van der Waals surface area contributed by atoms with Gasteiger partial charge < -0.3 is 14.4 Å². The van der Waals surface area contributed by atoms with Crippen LogP contribution < -0.4 is 9.47 Å². The van der Waals surface area contributed by atoms with Gasteiger partial charge in [-0.2, -0.15) is 0 Å². The van der Waals surface area contributed by atoms with Gasteiger partial charge in [0.25, 0.3) is 5.91 Å². The minimum atomic E-state index is 0.0273. The van der Waals surface area contributed by atoms with Gasteiger partial charge in [0.05, 0.1) is 13.7 Å². The fraction of sp³-hybridized carbons (Fsp3) is 0.350. The van der Waals surface area contributed by atoms with E-state index >= 15 is 0 Å². The van der Waals surface area contributed by atoms with Crippen molar-refractivity contribution in [1.29, 1.82) is 0 Å². The van der Waals surface area contributed by atoms with Crippen LogP contribution in [0.1, 0.15) is 35.3 Å². The molecular formula is C20H25NO3. The van der Waals surface area contributed by atoms with Crippen LogP contribution in [0.15, 0.2) is 42.5 Å². The Morgan fingerprint density at radius 2 is 1.79 bits per heavy atom. The Balaban J connectivity index is 2.14. The third kappa shape index (κ3) is 4.28. The van der Waals surface area contributed by atoms with Crippen LogP contribution >= 0.6 is 0 Å². The first-order chi connectivity index (χ1) is 11.6. The smallest absolute Gasteiger partial charge is 0.254 e. The summed E-state index contributed by atoms with van der Waals surface area (Å²) in [6.45, 7) is 7.74. The Morgan fingerprint density at radius 3 is 2.33 bits per heavy atom. The van der Waals surface area contributed by atoms with E-state index in [-0.39, 0.29) is 5.91 Å². The zero-order valence-corrected chi connectivity index (χ0v) is 14.8. The lowest BCUT2D eigenvalue weighted by molar-refractivity contribution is 0.0752. The van der Waals surface area contributed by atoms with Crippen molar-refractivity contribution in [3.8, 4) is 11.5 Å². The molecule has 4 nitrogen and oxygen atoms in total. The van der Waals surface area contributed by atoms with Gasteiger partial charge in [-0.1, -0.05) is 12.1 Å². The molecular weight excluding hydrogens is 302 g/mol. The first kappa shape index (κ1) is 17.9. The van der Waals surface area contributed by atoms with E-state index in [1.807, 2.05) is 68.1 Å². The van der Waals surface area contributed by atoms with Crippen molar-refractivity contribution in [2.75, 3.05) is 20.3 Å². The number of amides is 1. The summed E-state index contributed by atoms with van der Waals surface area (Å²) in [5, 5.41) is 0. The lowest BCUT2D eigenvalue weighted by atomic mass is 10.1. The molecule has 0 unspecified atom stereocenters. The maximum Gasteiger partial charge on any atom is 0.254 e. The first-order valence-corrected chi connectivity index (χ1v) is 8.24. The second kappa shape index (κ2) is 8.39. The van der Waals surface area contributed by atoms with Crippen molar-refractivity contribution in [2.45, 2.75) is 27.3 Å². The van der Waals surface area contributed by atoms with Crippen LogP contribution in [0, 0.1) is 6.92 Å². The van der Waals surface area contributed by atoms with Crippen LogP contribution in [0.2, 0.25) is 0 Å². The molecule has 2 aromatic rings. The summed E-state index contributed by atoms with van der Waals surface area (Å²) >= 11 is 0. The fourth-order valence-corrected chi connectivity index (χ4v) is 2.56. The minimum Gasteiger partial charge on any atom is -0.497 e. The standard InChI is InChI=1S/C20H25NO3/c1-5-21(14-16-7-10-18(23-4)11-8-16)20(22)17-9-12-19(24-6-2)15(3)13-17/h7-13H,5-6,14H2,1-4H3. The van der Waals surface area contributed by atoms with Crippen molar-refractivity contribution in [1.82, 2.24) is 4.90 Å². The molecule has 0 radical (unpaired) electrons. The molecule has 0 aliphatic carbocycles. The van der Waals surface area contributed by atoms with Gasteiger partial charge in [0.2, 0.25) is 0 Å². The topological polar surface area (TPSA) is 38.8 Å². The van der Waals surface area contributed by atoms with E-state index in [1.54, 1.807) is 7.11 Å². The maximum absolute atomic E-state index is 12.8. The minimum absolute atomic E-state index is 0.0273. The normalized spacial score (nSPS) is 10.3. The van der Waals surface area contributed by atoms with Crippen LogP contribution in [0.3, 0.4) is 0 Å². The van der Waals surface area contributed by atoms with E-state index in [4.69, 9.17) is 9.47 Å². The van der Waals surface area contributed by atoms with Gasteiger partial charge in [0.1, 0.15) is 11.5 Å². The van der Waals surface area contributed by atoms with E-state index in [0.717, 1.165) is 22.6 Å². The Hall–Kier alpha value is -2.49. The van der Waals surface area contributed by atoms with Crippen LogP contribution in [-0.2, 0) is 6.54 Å².